The second kappa shape index (κ2) is 9.17. The van der Waals surface area contributed by atoms with Crippen LogP contribution in [0.3, 0.4) is 0 Å². The fourth-order valence-electron chi connectivity index (χ4n) is 1.37. The molecule has 2 nitrogen and oxygen atoms in total. The highest BCUT2D eigenvalue weighted by atomic mass is 16.5. The molecule has 1 unspecified atom stereocenters. The van der Waals surface area contributed by atoms with E-state index in [1.54, 1.807) is 0 Å². The Balaban J connectivity index is 0. The van der Waals surface area contributed by atoms with Gasteiger partial charge in [-0.25, -0.2) is 0 Å². The third-order valence-electron chi connectivity index (χ3n) is 1.81. The van der Waals surface area contributed by atoms with Crippen molar-refractivity contribution >= 4 is 0 Å². The Morgan fingerprint density at radius 3 is 1.73 bits per heavy atom. The minimum absolute atomic E-state index is 0. The van der Waals surface area contributed by atoms with Gasteiger partial charge in [-0.1, -0.05) is 21.3 Å². The number of rotatable bonds is 7. The van der Waals surface area contributed by atoms with Gasteiger partial charge in [0.2, 0.25) is 0 Å². The highest BCUT2D eigenvalue weighted by molar-refractivity contribution is 4.62. The van der Waals surface area contributed by atoms with E-state index in [2.05, 4.69) is 41.5 Å². The SMILES string of the molecule is C.CC(C)CC(COC(C)C)OC(C)C. The molecular weight excluding hydrogens is 188 g/mol. The molecule has 0 aromatic rings. The summed E-state index contributed by atoms with van der Waals surface area (Å²) >= 11 is 0. The molecule has 0 amide bonds. The molecule has 0 aliphatic heterocycles. The van der Waals surface area contributed by atoms with Crippen LogP contribution in [0, 0.1) is 5.92 Å². The molecule has 15 heavy (non-hydrogen) atoms. The van der Waals surface area contributed by atoms with Gasteiger partial charge in [0.15, 0.2) is 0 Å². The summed E-state index contributed by atoms with van der Waals surface area (Å²) in [7, 11) is 0. The molecule has 2 heteroatoms. The van der Waals surface area contributed by atoms with Crippen LogP contribution >= 0.6 is 0 Å². The third-order valence-corrected chi connectivity index (χ3v) is 1.81. The van der Waals surface area contributed by atoms with Crippen molar-refractivity contribution in [2.24, 2.45) is 5.92 Å². The van der Waals surface area contributed by atoms with E-state index in [0.29, 0.717) is 18.6 Å². The fraction of sp³-hybridized carbons (Fsp3) is 1.00. The number of ether oxygens (including phenoxy) is 2. The number of hydrogen-bond donors (Lipinski definition) is 0. The molecule has 0 aliphatic rings. The molecule has 1 atom stereocenters. The predicted octanol–water partition coefficient (Wildman–Crippen LogP) is 3.89. The zero-order valence-corrected chi connectivity index (χ0v) is 10.5. The molecule has 0 bridgehead atoms. The summed E-state index contributed by atoms with van der Waals surface area (Å²) in [6, 6.07) is 0. The maximum absolute atomic E-state index is 5.79. The smallest absolute Gasteiger partial charge is 0.0814 e. The van der Waals surface area contributed by atoms with Crippen LogP contribution < -0.4 is 0 Å². The maximum Gasteiger partial charge on any atom is 0.0814 e. The molecule has 0 fully saturated rings. The predicted molar refractivity (Wildman–Crippen MR) is 67.3 cm³/mol. The standard InChI is InChI=1S/C12H26O2.CH4/c1-9(2)7-12(14-11(5)6)8-13-10(3)4;/h9-12H,7-8H2,1-6H3;1H4. The summed E-state index contributed by atoms with van der Waals surface area (Å²) in [6.07, 6.45) is 1.90. The summed E-state index contributed by atoms with van der Waals surface area (Å²) in [4.78, 5) is 0. The molecule has 0 aromatic heterocycles. The monoisotopic (exact) mass is 218 g/mol. The van der Waals surface area contributed by atoms with Gasteiger partial charge in [-0.3, -0.25) is 0 Å². The second-order valence-corrected chi connectivity index (χ2v) is 4.82. The van der Waals surface area contributed by atoms with E-state index in [1.807, 2.05) is 0 Å². The normalized spacial score (nSPS) is 13.4. The van der Waals surface area contributed by atoms with Gasteiger partial charge < -0.3 is 9.47 Å². The average Bonchev–Trinajstić information content (AvgIpc) is 1.97. The Hall–Kier alpha value is -0.0800. The van der Waals surface area contributed by atoms with Crippen LogP contribution in [-0.4, -0.2) is 24.9 Å². The van der Waals surface area contributed by atoms with Crippen LogP contribution in [0.5, 0.6) is 0 Å². The lowest BCUT2D eigenvalue weighted by molar-refractivity contribution is -0.0657. The topological polar surface area (TPSA) is 18.5 Å². The first kappa shape index (κ1) is 17.3. The van der Waals surface area contributed by atoms with Crippen molar-refractivity contribution in [1.82, 2.24) is 0 Å². The molecule has 0 rings (SSSR count). The minimum Gasteiger partial charge on any atom is -0.376 e. The van der Waals surface area contributed by atoms with Crippen molar-refractivity contribution < 1.29 is 9.47 Å². The van der Waals surface area contributed by atoms with Crippen molar-refractivity contribution in [2.75, 3.05) is 6.61 Å². The van der Waals surface area contributed by atoms with Crippen LogP contribution in [-0.2, 0) is 9.47 Å². The van der Waals surface area contributed by atoms with Gasteiger partial charge in [-0.2, -0.15) is 0 Å². The summed E-state index contributed by atoms with van der Waals surface area (Å²) in [5.74, 6) is 0.662. The maximum atomic E-state index is 5.79. The average molecular weight is 218 g/mol. The summed E-state index contributed by atoms with van der Waals surface area (Å²) in [5, 5.41) is 0. The molecule has 0 heterocycles. The zero-order chi connectivity index (χ0) is 11.1. The van der Waals surface area contributed by atoms with Gasteiger partial charge in [0.25, 0.3) is 0 Å². The van der Waals surface area contributed by atoms with E-state index in [1.165, 1.54) is 0 Å². The van der Waals surface area contributed by atoms with E-state index in [9.17, 15) is 0 Å². The first-order valence-corrected chi connectivity index (χ1v) is 5.68. The molecule has 0 N–H and O–H groups in total. The molecule has 0 spiro atoms. The molecule has 0 radical (unpaired) electrons. The van der Waals surface area contributed by atoms with Crippen LogP contribution in [0.15, 0.2) is 0 Å². The van der Waals surface area contributed by atoms with Gasteiger partial charge in [0.05, 0.1) is 24.9 Å². The van der Waals surface area contributed by atoms with E-state index in [0.717, 1.165) is 6.42 Å². The van der Waals surface area contributed by atoms with Crippen molar-refractivity contribution in [3.8, 4) is 0 Å². The zero-order valence-electron chi connectivity index (χ0n) is 10.5. The summed E-state index contributed by atoms with van der Waals surface area (Å²) in [5.41, 5.74) is 0. The van der Waals surface area contributed by atoms with Gasteiger partial charge in [0, 0.05) is 0 Å². The highest BCUT2D eigenvalue weighted by Gasteiger charge is 2.13. The van der Waals surface area contributed by atoms with E-state index in [-0.39, 0.29) is 19.6 Å². The lowest BCUT2D eigenvalue weighted by Gasteiger charge is -2.23. The van der Waals surface area contributed by atoms with E-state index in [4.69, 9.17) is 9.47 Å². The molecule has 0 aliphatic carbocycles. The lowest BCUT2D eigenvalue weighted by Crippen LogP contribution is -2.26. The van der Waals surface area contributed by atoms with E-state index < -0.39 is 0 Å². The molecular formula is C13H30O2. The van der Waals surface area contributed by atoms with E-state index >= 15 is 0 Å². The fourth-order valence-corrected chi connectivity index (χ4v) is 1.37. The Morgan fingerprint density at radius 1 is 0.867 bits per heavy atom. The van der Waals surface area contributed by atoms with Gasteiger partial charge >= 0.3 is 0 Å². The number of hydrogen-bond acceptors (Lipinski definition) is 2. The Morgan fingerprint density at radius 2 is 1.40 bits per heavy atom. The van der Waals surface area contributed by atoms with Crippen LogP contribution in [0.2, 0.25) is 0 Å². The second-order valence-electron chi connectivity index (χ2n) is 4.82. The Kier molecular flexibility index (Phi) is 10.6. The Bertz CT molecular complexity index is 120. The van der Waals surface area contributed by atoms with Crippen molar-refractivity contribution in [3.63, 3.8) is 0 Å². The van der Waals surface area contributed by atoms with Crippen molar-refractivity contribution in [1.29, 1.82) is 0 Å². The minimum atomic E-state index is 0. The van der Waals surface area contributed by atoms with Gasteiger partial charge in [0.1, 0.15) is 0 Å². The highest BCUT2D eigenvalue weighted by Crippen LogP contribution is 2.11. The quantitative estimate of drug-likeness (QED) is 0.645. The van der Waals surface area contributed by atoms with Crippen LogP contribution in [0.25, 0.3) is 0 Å². The molecule has 0 aromatic carbocycles. The van der Waals surface area contributed by atoms with Gasteiger partial charge in [-0.05, 0) is 40.0 Å². The third kappa shape index (κ3) is 11.8. The first-order valence-electron chi connectivity index (χ1n) is 5.68. The Labute approximate surface area is 96.4 Å². The van der Waals surface area contributed by atoms with Crippen molar-refractivity contribution in [3.05, 3.63) is 0 Å². The lowest BCUT2D eigenvalue weighted by atomic mass is 10.1. The largest absolute Gasteiger partial charge is 0.376 e. The summed E-state index contributed by atoms with van der Waals surface area (Å²) < 4.78 is 11.4. The van der Waals surface area contributed by atoms with Crippen molar-refractivity contribution in [2.45, 2.75) is 73.7 Å². The van der Waals surface area contributed by atoms with Gasteiger partial charge in [-0.15, -0.1) is 0 Å². The first-order chi connectivity index (χ1) is 6.41. The molecule has 0 saturated carbocycles. The summed E-state index contributed by atoms with van der Waals surface area (Å²) in [6.45, 7) is 13.4. The molecule has 94 valence electrons. The molecule has 0 saturated heterocycles. The van der Waals surface area contributed by atoms with Crippen LogP contribution in [0.4, 0.5) is 0 Å². The van der Waals surface area contributed by atoms with Crippen LogP contribution in [0.1, 0.15) is 55.4 Å².